The van der Waals surface area contributed by atoms with Crippen LogP contribution >= 0.6 is 0 Å². The molecule has 182 valence electrons. The highest BCUT2D eigenvalue weighted by atomic mass is 32.2. The number of benzene rings is 1. The fourth-order valence-electron chi connectivity index (χ4n) is 4.62. The number of piperidine rings is 1. The largest absolute Gasteiger partial charge is 0.299 e. The van der Waals surface area contributed by atoms with Crippen LogP contribution in [0, 0.1) is 27.7 Å². The molecule has 3 heterocycles. The minimum atomic E-state index is -3.70. The van der Waals surface area contributed by atoms with E-state index in [1.165, 1.54) is 30.4 Å². The lowest BCUT2D eigenvalue weighted by atomic mass is 10.0. The van der Waals surface area contributed by atoms with Crippen molar-refractivity contribution in [3.8, 4) is 17.1 Å². The van der Waals surface area contributed by atoms with Gasteiger partial charge in [0.05, 0.1) is 17.1 Å². The summed E-state index contributed by atoms with van der Waals surface area (Å²) in [5.41, 5.74) is 5.13. The second-order valence-electron chi connectivity index (χ2n) is 9.27. The summed E-state index contributed by atoms with van der Waals surface area (Å²) in [6.07, 6.45) is 3.59. The Morgan fingerprint density at radius 2 is 1.82 bits per heavy atom. The summed E-state index contributed by atoms with van der Waals surface area (Å²) in [6.45, 7) is 11.9. The van der Waals surface area contributed by atoms with E-state index >= 15 is 0 Å². The molecule has 0 amide bonds. The standard InChI is InChI=1S/C25H34N6O2S/c1-17-9-10-22(16-18(17)2)23-11-12-24(28-27-23)31-21(5)25(20(4)29-31)34(32,33)26-13-15-30-14-7-6-8-19(30)3/h9-12,16,19,26H,6-8,13-15H2,1-5H3. The number of likely N-dealkylation sites (tertiary alicyclic amines) is 1. The molecular weight excluding hydrogens is 448 g/mol. The Morgan fingerprint density at radius 3 is 2.50 bits per heavy atom. The van der Waals surface area contributed by atoms with Crippen molar-refractivity contribution in [1.82, 2.24) is 29.6 Å². The summed E-state index contributed by atoms with van der Waals surface area (Å²) in [7, 11) is -3.70. The molecule has 2 aromatic heterocycles. The lowest BCUT2D eigenvalue weighted by molar-refractivity contribution is 0.164. The van der Waals surface area contributed by atoms with E-state index in [0.717, 1.165) is 17.8 Å². The fourth-order valence-corrected chi connectivity index (χ4v) is 6.03. The Hall–Kier alpha value is -2.62. The van der Waals surface area contributed by atoms with Gasteiger partial charge in [-0.15, -0.1) is 10.2 Å². The first kappa shape index (κ1) is 24.5. The van der Waals surface area contributed by atoms with Crippen molar-refractivity contribution in [3.63, 3.8) is 0 Å². The van der Waals surface area contributed by atoms with E-state index in [4.69, 9.17) is 0 Å². The third-order valence-corrected chi connectivity index (χ3v) is 8.51. The van der Waals surface area contributed by atoms with Gasteiger partial charge >= 0.3 is 0 Å². The summed E-state index contributed by atoms with van der Waals surface area (Å²) in [5, 5.41) is 13.2. The molecule has 1 aliphatic heterocycles. The first-order valence-corrected chi connectivity index (χ1v) is 13.4. The van der Waals surface area contributed by atoms with Crippen LogP contribution < -0.4 is 4.72 Å². The van der Waals surface area contributed by atoms with E-state index in [9.17, 15) is 8.42 Å². The van der Waals surface area contributed by atoms with Crippen LogP contribution in [0.5, 0.6) is 0 Å². The molecule has 1 saturated heterocycles. The highest BCUT2D eigenvalue weighted by Crippen LogP contribution is 2.24. The minimum absolute atomic E-state index is 0.208. The van der Waals surface area contributed by atoms with Gasteiger partial charge in [0.2, 0.25) is 10.0 Å². The zero-order valence-electron chi connectivity index (χ0n) is 20.7. The monoisotopic (exact) mass is 482 g/mol. The molecule has 1 fully saturated rings. The first-order valence-electron chi connectivity index (χ1n) is 11.9. The Bertz CT molecular complexity index is 1270. The van der Waals surface area contributed by atoms with Crippen LogP contribution in [0.15, 0.2) is 35.2 Å². The number of nitrogens with one attached hydrogen (secondary N) is 1. The van der Waals surface area contributed by atoms with Crippen molar-refractivity contribution in [2.75, 3.05) is 19.6 Å². The SMILES string of the molecule is Cc1ccc(-c2ccc(-n3nc(C)c(S(=O)(=O)NCCN4CCCCC4C)c3C)nn2)cc1C. The number of aryl methyl sites for hydroxylation is 3. The molecule has 0 radical (unpaired) electrons. The Labute approximate surface area is 202 Å². The highest BCUT2D eigenvalue weighted by molar-refractivity contribution is 7.89. The maximum absolute atomic E-state index is 13.1. The van der Waals surface area contributed by atoms with Crippen LogP contribution in [-0.4, -0.2) is 59.0 Å². The summed E-state index contributed by atoms with van der Waals surface area (Å²) >= 11 is 0. The van der Waals surface area contributed by atoms with Crippen molar-refractivity contribution in [1.29, 1.82) is 0 Å². The lowest BCUT2D eigenvalue weighted by Crippen LogP contribution is -2.42. The zero-order chi connectivity index (χ0) is 24.5. The van der Waals surface area contributed by atoms with Crippen LogP contribution in [0.4, 0.5) is 0 Å². The van der Waals surface area contributed by atoms with Gasteiger partial charge in [0, 0.05) is 24.7 Å². The van der Waals surface area contributed by atoms with Gasteiger partial charge in [-0.25, -0.2) is 17.8 Å². The molecule has 0 aliphatic carbocycles. The maximum atomic E-state index is 13.1. The Morgan fingerprint density at radius 1 is 1.03 bits per heavy atom. The van der Waals surface area contributed by atoms with Crippen molar-refractivity contribution >= 4 is 10.0 Å². The summed E-state index contributed by atoms with van der Waals surface area (Å²) in [4.78, 5) is 2.56. The van der Waals surface area contributed by atoms with Crippen molar-refractivity contribution in [2.24, 2.45) is 0 Å². The van der Waals surface area contributed by atoms with E-state index in [2.05, 4.69) is 57.8 Å². The number of hydrogen-bond acceptors (Lipinski definition) is 6. The molecule has 34 heavy (non-hydrogen) atoms. The van der Waals surface area contributed by atoms with E-state index in [1.807, 2.05) is 18.2 Å². The van der Waals surface area contributed by atoms with Crippen LogP contribution in [-0.2, 0) is 10.0 Å². The van der Waals surface area contributed by atoms with Gasteiger partial charge in [-0.3, -0.25) is 4.90 Å². The average Bonchev–Trinajstić information content (AvgIpc) is 3.11. The van der Waals surface area contributed by atoms with Crippen molar-refractivity contribution in [2.45, 2.75) is 64.8 Å². The zero-order valence-corrected chi connectivity index (χ0v) is 21.5. The number of aromatic nitrogens is 4. The van der Waals surface area contributed by atoms with Gasteiger partial charge in [-0.1, -0.05) is 18.6 Å². The molecule has 8 nitrogen and oxygen atoms in total. The molecule has 1 unspecified atom stereocenters. The summed E-state index contributed by atoms with van der Waals surface area (Å²) < 4.78 is 30.6. The van der Waals surface area contributed by atoms with Gasteiger partial charge in [-0.05, 0) is 83.3 Å². The molecule has 0 bridgehead atoms. The van der Waals surface area contributed by atoms with Crippen LogP contribution in [0.3, 0.4) is 0 Å². The number of rotatable bonds is 7. The number of nitrogens with zero attached hydrogens (tertiary/aromatic N) is 5. The normalized spacial score (nSPS) is 17.3. The third-order valence-electron chi connectivity index (χ3n) is 6.80. The van der Waals surface area contributed by atoms with Gasteiger partial charge in [0.1, 0.15) is 4.90 Å². The van der Waals surface area contributed by atoms with Crippen molar-refractivity contribution < 1.29 is 8.42 Å². The van der Waals surface area contributed by atoms with Gasteiger partial charge in [0.15, 0.2) is 5.82 Å². The molecule has 3 aromatic rings. The van der Waals surface area contributed by atoms with Crippen LogP contribution in [0.25, 0.3) is 17.1 Å². The van der Waals surface area contributed by atoms with Gasteiger partial charge < -0.3 is 0 Å². The topological polar surface area (TPSA) is 93.0 Å². The lowest BCUT2D eigenvalue weighted by Gasteiger charge is -2.33. The first-order chi connectivity index (χ1) is 16.2. The molecule has 1 N–H and O–H groups in total. The van der Waals surface area contributed by atoms with E-state index in [0.29, 0.717) is 36.3 Å². The Balaban J connectivity index is 1.51. The molecule has 0 saturated carbocycles. The summed E-state index contributed by atoms with van der Waals surface area (Å²) in [5.74, 6) is 0.483. The smallest absolute Gasteiger partial charge is 0.244 e. The molecule has 1 aliphatic rings. The number of sulfonamides is 1. The van der Waals surface area contributed by atoms with Crippen LogP contribution in [0.1, 0.15) is 48.7 Å². The molecule has 0 spiro atoms. The third kappa shape index (κ3) is 5.06. The minimum Gasteiger partial charge on any atom is -0.299 e. The molecule has 9 heteroatoms. The van der Waals surface area contributed by atoms with Gasteiger partial charge in [0.25, 0.3) is 0 Å². The fraction of sp³-hybridized carbons (Fsp3) is 0.480. The molecule has 4 rings (SSSR count). The molecule has 1 atom stereocenters. The molecular formula is C25H34N6O2S. The predicted molar refractivity (Wildman–Crippen MR) is 134 cm³/mol. The van der Waals surface area contributed by atoms with E-state index < -0.39 is 10.0 Å². The quantitative estimate of drug-likeness (QED) is 0.552. The second kappa shape index (κ2) is 9.93. The Kier molecular flexibility index (Phi) is 7.16. The van der Waals surface area contributed by atoms with Gasteiger partial charge in [-0.2, -0.15) is 5.10 Å². The molecule has 1 aromatic carbocycles. The maximum Gasteiger partial charge on any atom is 0.244 e. The van der Waals surface area contributed by atoms with Crippen LogP contribution in [0.2, 0.25) is 0 Å². The second-order valence-corrected chi connectivity index (χ2v) is 11.0. The van der Waals surface area contributed by atoms with E-state index in [-0.39, 0.29) is 4.90 Å². The highest BCUT2D eigenvalue weighted by Gasteiger charge is 2.26. The average molecular weight is 483 g/mol. The van der Waals surface area contributed by atoms with Crippen molar-refractivity contribution in [3.05, 3.63) is 52.8 Å². The summed E-state index contributed by atoms with van der Waals surface area (Å²) in [6, 6.07) is 10.4. The predicted octanol–water partition coefficient (Wildman–Crippen LogP) is 3.72. The van der Waals surface area contributed by atoms with E-state index in [1.54, 1.807) is 18.5 Å². The number of hydrogen-bond donors (Lipinski definition) is 1.